The third-order valence-corrected chi connectivity index (χ3v) is 7.49. The topological polar surface area (TPSA) is 91.3 Å². The van der Waals surface area contributed by atoms with Gasteiger partial charge in [-0.3, -0.25) is 4.79 Å². The molecule has 0 spiro atoms. The Balaban J connectivity index is 1.39. The number of ketones is 1. The lowest BCUT2D eigenvalue weighted by Crippen LogP contribution is -2.46. The summed E-state index contributed by atoms with van der Waals surface area (Å²) in [4.78, 5) is 25.6. The highest BCUT2D eigenvalue weighted by Crippen LogP contribution is 2.59. The standard InChI is InChI=1S/C26H28O7/c1-30-16-7-3-5-14(11-16)25(28)32-23-19-13-20(22-18(19)9-10-21(22)27)24(23)33-26(29)15-6-4-8-17(12-15)31-2/h3-8,11-12,18-20,22-24,26,29H,9-10,13H2,1-2H3. The summed E-state index contributed by atoms with van der Waals surface area (Å²) >= 11 is 0. The summed E-state index contributed by atoms with van der Waals surface area (Å²) in [6.45, 7) is 0. The third-order valence-electron chi connectivity index (χ3n) is 7.49. The van der Waals surface area contributed by atoms with Crippen LogP contribution in [0.25, 0.3) is 0 Å². The van der Waals surface area contributed by atoms with E-state index in [1.807, 2.05) is 0 Å². The van der Waals surface area contributed by atoms with Crippen molar-refractivity contribution in [1.29, 1.82) is 0 Å². The van der Waals surface area contributed by atoms with Crippen LogP contribution in [0.1, 0.15) is 41.5 Å². The zero-order valence-corrected chi connectivity index (χ0v) is 18.7. The Kier molecular flexibility index (Phi) is 5.85. The number of rotatable bonds is 7. The number of aliphatic hydroxyl groups excluding tert-OH is 1. The lowest BCUT2D eigenvalue weighted by atomic mass is 9.78. The van der Waals surface area contributed by atoms with Crippen molar-refractivity contribution in [3.05, 3.63) is 59.7 Å². The van der Waals surface area contributed by atoms with Crippen LogP contribution in [-0.2, 0) is 14.3 Å². The zero-order chi connectivity index (χ0) is 23.1. The molecule has 3 aliphatic carbocycles. The molecule has 3 aliphatic rings. The minimum absolute atomic E-state index is 0.0449. The molecule has 3 fully saturated rings. The highest BCUT2D eigenvalue weighted by molar-refractivity contribution is 5.90. The van der Waals surface area contributed by atoms with E-state index in [9.17, 15) is 14.7 Å². The van der Waals surface area contributed by atoms with E-state index in [2.05, 4.69) is 0 Å². The SMILES string of the molecule is COc1cccc(C(=O)OC2C3CC(C2OC(O)c2cccc(OC)c2)C2C(=O)CCC32)c1. The van der Waals surface area contributed by atoms with Crippen molar-refractivity contribution >= 4 is 11.8 Å². The van der Waals surface area contributed by atoms with Gasteiger partial charge in [-0.25, -0.2) is 4.79 Å². The molecule has 33 heavy (non-hydrogen) atoms. The van der Waals surface area contributed by atoms with Gasteiger partial charge in [-0.1, -0.05) is 18.2 Å². The van der Waals surface area contributed by atoms with Crippen LogP contribution in [0.4, 0.5) is 0 Å². The van der Waals surface area contributed by atoms with Gasteiger partial charge in [0.15, 0.2) is 6.29 Å². The van der Waals surface area contributed by atoms with Gasteiger partial charge in [0, 0.05) is 23.8 Å². The number of fused-ring (bicyclic) bond motifs is 5. The van der Waals surface area contributed by atoms with Crippen LogP contribution < -0.4 is 9.47 Å². The average Bonchev–Trinajstić information content (AvgIpc) is 3.51. The number of methoxy groups -OCH3 is 2. The number of carbonyl (C=O) groups is 2. The fourth-order valence-corrected chi connectivity index (χ4v) is 6.07. The van der Waals surface area contributed by atoms with Crippen LogP contribution in [0, 0.1) is 23.7 Å². The first-order valence-electron chi connectivity index (χ1n) is 11.4. The summed E-state index contributed by atoms with van der Waals surface area (Å²) < 4.78 is 22.6. The number of aliphatic hydroxyl groups is 1. The van der Waals surface area contributed by atoms with Gasteiger partial charge in [-0.05, 0) is 55.0 Å². The molecule has 2 aromatic carbocycles. The Hall–Kier alpha value is -2.90. The molecule has 0 aromatic heterocycles. The Morgan fingerprint density at radius 1 is 0.970 bits per heavy atom. The van der Waals surface area contributed by atoms with E-state index in [1.54, 1.807) is 62.8 Å². The zero-order valence-electron chi connectivity index (χ0n) is 18.7. The highest BCUT2D eigenvalue weighted by Gasteiger charge is 2.64. The van der Waals surface area contributed by atoms with Gasteiger partial charge in [-0.15, -0.1) is 0 Å². The minimum atomic E-state index is -1.22. The first kappa shape index (κ1) is 21.9. The van der Waals surface area contributed by atoms with Gasteiger partial charge in [0.2, 0.25) is 0 Å². The van der Waals surface area contributed by atoms with E-state index in [-0.39, 0.29) is 29.5 Å². The van der Waals surface area contributed by atoms with Gasteiger partial charge in [0.05, 0.1) is 19.8 Å². The molecule has 2 bridgehead atoms. The second-order valence-electron chi connectivity index (χ2n) is 9.09. The number of benzene rings is 2. The van der Waals surface area contributed by atoms with E-state index in [0.29, 0.717) is 29.0 Å². The molecular formula is C26H28O7. The summed E-state index contributed by atoms with van der Waals surface area (Å²) in [5, 5.41) is 10.9. The van der Waals surface area contributed by atoms with Crippen LogP contribution in [0.3, 0.4) is 0 Å². The summed E-state index contributed by atoms with van der Waals surface area (Å²) in [6.07, 6.45) is -0.174. The van der Waals surface area contributed by atoms with Gasteiger partial charge in [0.25, 0.3) is 0 Å². The lowest BCUT2D eigenvalue weighted by molar-refractivity contribution is -0.192. The van der Waals surface area contributed by atoms with Crippen molar-refractivity contribution in [2.24, 2.45) is 23.7 Å². The van der Waals surface area contributed by atoms with Gasteiger partial charge < -0.3 is 24.1 Å². The van der Waals surface area contributed by atoms with Crippen LogP contribution in [0.15, 0.2) is 48.5 Å². The predicted octanol–water partition coefficient (Wildman–Crippen LogP) is 3.55. The maximum Gasteiger partial charge on any atom is 0.338 e. The van der Waals surface area contributed by atoms with E-state index in [4.69, 9.17) is 18.9 Å². The molecule has 0 heterocycles. The smallest absolute Gasteiger partial charge is 0.338 e. The molecule has 3 saturated carbocycles. The summed E-state index contributed by atoms with van der Waals surface area (Å²) in [6, 6.07) is 13.8. The van der Waals surface area contributed by atoms with Crippen LogP contribution in [-0.4, -0.2) is 43.3 Å². The molecule has 7 atom stereocenters. The first-order chi connectivity index (χ1) is 16.0. The number of esters is 1. The number of ether oxygens (including phenoxy) is 4. The number of Topliss-reactive ketones (excluding diaryl/α,β-unsaturated/α-hetero) is 1. The van der Waals surface area contributed by atoms with Gasteiger partial charge in [0.1, 0.15) is 29.5 Å². The molecule has 0 radical (unpaired) electrons. The molecule has 0 amide bonds. The average molecular weight is 453 g/mol. The minimum Gasteiger partial charge on any atom is -0.497 e. The lowest BCUT2D eigenvalue weighted by Gasteiger charge is -2.37. The van der Waals surface area contributed by atoms with Crippen LogP contribution in [0.2, 0.25) is 0 Å². The van der Waals surface area contributed by atoms with Gasteiger partial charge >= 0.3 is 5.97 Å². The molecule has 7 unspecified atom stereocenters. The molecule has 2 aromatic rings. The fraction of sp³-hybridized carbons (Fsp3) is 0.462. The molecule has 0 saturated heterocycles. The third kappa shape index (κ3) is 3.89. The molecule has 1 N–H and O–H groups in total. The monoisotopic (exact) mass is 452 g/mol. The summed E-state index contributed by atoms with van der Waals surface area (Å²) in [5.41, 5.74) is 0.938. The quantitative estimate of drug-likeness (QED) is 0.507. The maximum absolute atomic E-state index is 13.0. The molecule has 7 heteroatoms. The fourth-order valence-electron chi connectivity index (χ4n) is 6.07. The van der Waals surface area contributed by atoms with Gasteiger partial charge in [-0.2, -0.15) is 0 Å². The van der Waals surface area contributed by atoms with Crippen LogP contribution in [0.5, 0.6) is 11.5 Å². The van der Waals surface area contributed by atoms with E-state index in [0.717, 1.165) is 12.8 Å². The van der Waals surface area contributed by atoms with Crippen molar-refractivity contribution in [2.45, 2.75) is 37.8 Å². The molecular weight excluding hydrogens is 424 g/mol. The number of carbonyl (C=O) groups excluding carboxylic acids is 2. The van der Waals surface area contributed by atoms with Crippen molar-refractivity contribution in [2.75, 3.05) is 14.2 Å². The summed E-state index contributed by atoms with van der Waals surface area (Å²) in [7, 11) is 3.10. The Morgan fingerprint density at radius 3 is 2.45 bits per heavy atom. The van der Waals surface area contributed by atoms with Crippen molar-refractivity contribution < 1.29 is 33.6 Å². The molecule has 174 valence electrons. The Labute approximate surface area is 192 Å². The number of hydrogen-bond donors (Lipinski definition) is 1. The van der Waals surface area contributed by atoms with E-state index >= 15 is 0 Å². The summed E-state index contributed by atoms with van der Waals surface area (Å²) in [5.74, 6) is 1.08. The largest absolute Gasteiger partial charge is 0.497 e. The Bertz CT molecular complexity index is 1050. The van der Waals surface area contributed by atoms with Crippen molar-refractivity contribution in [3.63, 3.8) is 0 Å². The second-order valence-corrected chi connectivity index (χ2v) is 9.09. The predicted molar refractivity (Wildman–Crippen MR) is 118 cm³/mol. The Morgan fingerprint density at radius 2 is 1.70 bits per heavy atom. The maximum atomic E-state index is 13.0. The normalized spacial score (nSPS) is 30.7. The molecule has 0 aliphatic heterocycles. The first-order valence-corrected chi connectivity index (χ1v) is 11.4. The van der Waals surface area contributed by atoms with E-state index in [1.165, 1.54) is 0 Å². The van der Waals surface area contributed by atoms with E-state index < -0.39 is 24.5 Å². The molecule has 7 nitrogen and oxygen atoms in total. The number of hydrogen-bond acceptors (Lipinski definition) is 7. The van der Waals surface area contributed by atoms with Crippen molar-refractivity contribution in [3.8, 4) is 11.5 Å². The highest BCUT2D eigenvalue weighted by atomic mass is 16.6. The second kappa shape index (κ2) is 8.80. The van der Waals surface area contributed by atoms with Crippen LogP contribution >= 0.6 is 0 Å². The van der Waals surface area contributed by atoms with Crippen molar-refractivity contribution in [1.82, 2.24) is 0 Å². The molecule has 5 rings (SSSR count).